The minimum Gasteiger partial charge on any atom is -0.484 e. The summed E-state index contributed by atoms with van der Waals surface area (Å²) in [5.74, 6) is 2.68. The standard InChI is InChI=1S/C22H23ClN4O2S/c1-3-15(4-2)27-20(13-28-18-11-7-5-9-16(18)23)25-26-22(27)30-14-21-24-17-10-6-8-12-19(17)29-21/h5-12,15H,3-4,13-14H2,1-2H3. The lowest BCUT2D eigenvalue weighted by Gasteiger charge is -2.19. The molecule has 0 aliphatic heterocycles. The van der Waals surface area contributed by atoms with Crippen molar-refractivity contribution in [2.75, 3.05) is 0 Å². The SMILES string of the molecule is CCC(CC)n1c(COc2ccccc2Cl)nnc1SCc1nc2ccccc2o1. The predicted molar refractivity (Wildman–Crippen MR) is 119 cm³/mol. The summed E-state index contributed by atoms with van der Waals surface area (Å²) in [6, 6.07) is 15.5. The first-order chi connectivity index (χ1) is 14.7. The summed E-state index contributed by atoms with van der Waals surface area (Å²) in [5.41, 5.74) is 1.66. The molecule has 0 aliphatic rings. The van der Waals surface area contributed by atoms with Crippen molar-refractivity contribution in [3.63, 3.8) is 0 Å². The van der Waals surface area contributed by atoms with E-state index in [0.717, 1.165) is 34.9 Å². The van der Waals surface area contributed by atoms with E-state index < -0.39 is 0 Å². The number of thioether (sulfide) groups is 1. The number of hydrogen-bond acceptors (Lipinski definition) is 6. The van der Waals surface area contributed by atoms with Crippen LogP contribution in [0.25, 0.3) is 11.1 Å². The van der Waals surface area contributed by atoms with E-state index in [4.69, 9.17) is 20.8 Å². The average Bonchev–Trinajstić information content (AvgIpc) is 3.36. The third-order valence-electron chi connectivity index (χ3n) is 4.90. The topological polar surface area (TPSA) is 66.0 Å². The molecule has 4 aromatic rings. The van der Waals surface area contributed by atoms with Crippen molar-refractivity contribution in [1.29, 1.82) is 0 Å². The Bertz CT molecular complexity index is 1090. The Kier molecular flexibility index (Phi) is 6.59. The van der Waals surface area contributed by atoms with Gasteiger partial charge in [0.05, 0.1) is 10.8 Å². The Hall–Kier alpha value is -2.51. The molecule has 4 rings (SSSR count). The van der Waals surface area contributed by atoms with Gasteiger partial charge in [-0.2, -0.15) is 0 Å². The van der Waals surface area contributed by atoms with Crippen LogP contribution in [0.5, 0.6) is 5.75 Å². The molecule has 0 aliphatic carbocycles. The molecule has 0 N–H and O–H groups in total. The molecule has 2 aromatic carbocycles. The van der Waals surface area contributed by atoms with E-state index in [-0.39, 0.29) is 6.04 Å². The third kappa shape index (κ3) is 4.47. The van der Waals surface area contributed by atoms with Gasteiger partial charge in [-0.05, 0) is 37.1 Å². The Morgan fingerprint density at radius 3 is 2.60 bits per heavy atom. The third-order valence-corrected chi connectivity index (χ3v) is 6.14. The van der Waals surface area contributed by atoms with Gasteiger partial charge in [0.25, 0.3) is 0 Å². The molecule has 156 valence electrons. The molecule has 0 atom stereocenters. The van der Waals surface area contributed by atoms with Crippen LogP contribution in [0.4, 0.5) is 0 Å². The summed E-state index contributed by atoms with van der Waals surface area (Å²) < 4.78 is 13.9. The van der Waals surface area contributed by atoms with Crippen LogP contribution in [0.3, 0.4) is 0 Å². The number of halogens is 1. The minimum atomic E-state index is 0.288. The van der Waals surface area contributed by atoms with Gasteiger partial charge in [0.1, 0.15) is 17.9 Å². The van der Waals surface area contributed by atoms with Gasteiger partial charge < -0.3 is 13.7 Å². The van der Waals surface area contributed by atoms with Crippen molar-refractivity contribution in [2.45, 2.75) is 50.2 Å². The fraction of sp³-hybridized carbons (Fsp3) is 0.318. The Labute approximate surface area is 184 Å². The highest BCUT2D eigenvalue weighted by Crippen LogP contribution is 2.30. The number of benzene rings is 2. The molecule has 2 heterocycles. The molecular formula is C22H23ClN4O2S. The fourth-order valence-corrected chi connectivity index (χ4v) is 4.40. The quantitative estimate of drug-likeness (QED) is 0.283. The summed E-state index contributed by atoms with van der Waals surface area (Å²) in [7, 11) is 0. The fourth-order valence-electron chi connectivity index (χ4n) is 3.34. The molecule has 0 radical (unpaired) electrons. The second-order valence-corrected chi connectivity index (χ2v) is 8.17. The molecule has 0 spiro atoms. The van der Waals surface area contributed by atoms with Gasteiger partial charge in [-0.15, -0.1) is 10.2 Å². The number of ether oxygens (including phenoxy) is 1. The van der Waals surface area contributed by atoms with Gasteiger partial charge in [-0.3, -0.25) is 0 Å². The molecule has 30 heavy (non-hydrogen) atoms. The summed E-state index contributed by atoms with van der Waals surface area (Å²) in [5, 5.41) is 10.3. The lowest BCUT2D eigenvalue weighted by Crippen LogP contribution is -2.14. The zero-order valence-electron chi connectivity index (χ0n) is 16.9. The summed E-state index contributed by atoms with van der Waals surface area (Å²) in [6.07, 6.45) is 1.95. The largest absolute Gasteiger partial charge is 0.484 e. The minimum absolute atomic E-state index is 0.288. The van der Waals surface area contributed by atoms with Crippen LogP contribution in [0.1, 0.15) is 44.4 Å². The molecule has 6 nitrogen and oxygen atoms in total. The number of oxazole rings is 1. The number of hydrogen-bond donors (Lipinski definition) is 0. The van der Waals surface area contributed by atoms with Crippen molar-refractivity contribution in [3.8, 4) is 5.75 Å². The predicted octanol–water partition coefficient (Wildman–Crippen LogP) is 6.31. The zero-order valence-corrected chi connectivity index (χ0v) is 18.5. The van der Waals surface area contributed by atoms with Crippen LogP contribution >= 0.6 is 23.4 Å². The zero-order chi connectivity index (χ0) is 20.9. The molecule has 0 saturated carbocycles. The van der Waals surface area contributed by atoms with Gasteiger partial charge in [0.2, 0.25) is 5.89 Å². The molecule has 0 saturated heterocycles. The highest BCUT2D eigenvalue weighted by atomic mass is 35.5. The highest BCUT2D eigenvalue weighted by Gasteiger charge is 2.20. The average molecular weight is 443 g/mol. The van der Waals surface area contributed by atoms with Gasteiger partial charge in [0.15, 0.2) is 16.6 Å². The molecule has 2 aromatic heterocycles. The Morgan fingerprint density at radius 2 is 1.83 bits per heavy atom. The van der Waals surface area contributed by atoms with Crippen LogP contribution in [0.15, 0.2) is 58.1 Å². The van der Waals surface area contributed by atoms with E-state index in [1.165, 1.54) is 0 Å². The van der Waals surface area contributed by atoms with E-state index in [2.05, 4.69) is 33.6 Å². The van der Waals surface area contributed by atoms with Crippen molar-refractivity contribution < 1.29 is 9.15 Å². The van der Waals surface area contributed by atoms with Gasteiger partial charge in [-0.1, -0.05) is 61.5 Å². The maximum atomic E-state index is 6.21. The van der Waals surface area contributed by atoms with E-state index in [1.54, 1.807) is 11.8 Å². The number of para-hydroxylation sites is 3. The van der Waals surface area contributed by atoms with Gasteiger partial charge in [-0.25, -0.2) is 4.98 Å². The second kappa shape index (κ2) is 9.53. The number of nitrogens with zero attached hydrogens (tertiary/aromatic N) is 4. The lowest BCUT2D eigenvalue weighted by atomic mass is 10.2. The first-order valence-electron chi connectivity index (χ1n) is 9.98. The highest BCUT2D eigenvalue weighted by molar-refractivity contribution is 7.98. The van der Waals surface area contributed by atoms with Crippen molar-refractivity contribution >= 4 is 34.5 Å². The monoisotopic (exact) mass is 442 g/mol. The maximum Gasteiger partial charge on any atom is 0.205 e. The number of aromatic nitrogens is 4. The smallest absolute Gasteiger partial charge is 0.205 e. The molecule has 0 amide bonds. The van der Waals surface area contributed by atoms with E-state index >= 15 is 0 Å². The van der Waals surface area contributed by atoms with Gasteiger partial charge >= 0.3 is 0 Å². The first-order valence-corrected chi connectivity index (χ1v) is 11.3. The maximum absolute atomic E-state index is 6.21. The van der Waals surface area contributed by atoms with Crippen molar-refractivity contribution in [1.82, 2.24) is 19.7 Å². The van der Waals surface area contributed by atoms with Crippen LogP contribution < -0.4 is 4.74 Å². The lowest BCUT2D eigenvalue weighted by molar-refractivity contribution is 0.278. The van der Waals surface area contributed by atoms with Crippen LogP contribution in [0.2, 0.25) is 5.02 Å². The molecular weight excluding hydrogens is 420 g/mol. The Morgan fingerprint density at radius 1 is 1.07 bits per heavy atom. The van der Waals surface area contributed by atoms with Crippen molar-refractivity contribution in [2.24, 2.45) is 0 Å². The summed E-state index contributed by atoms with van der Waals surface area (Å²) >= 11 is 7.79. The van der Waals surface area contributed by atoms with Crippen LogP contribution in [-0.4, -0.2) is 19.7 Å². The molecule has 0 unspecified atom stereocenters. The van der Waals surface area contributed by atoms with Crippen LogP contribution in [0, 0.1) is 0 Å². The van der Waals surface area contributed by atoms with E-state index in [0.29, 0.717) is 29.0 Å². The molecule has 8 heteroatoms. The number of rotatable bonds is 9. The second-order valence-electron chi connectivity index (χ2n) is 6.82. The normalized spacial score (nSPS) is 11.5. The first kappa shape index (κ1) is 20.8. The van der Waals surface area contributed by atoms with E-state index in [1.807, 2.05) is 48.5 Å². The molecule has 0 bridgehead atoms. The Balaban J connectivity index is 1.53. The van der Waals surface area contributed by atoms with Gasteiger partial charge in [0, 0.05) is 6.04 Å². The van der Waals surface area contributed by atoms with E-state index in [9.17, 15) is 0 Å². The summed E-state index contributed by atoms with van der Waals surface area (Å²) in [4.78, 5) is 4.55. The number of fused-ring (bicyclic) bond motifs is 1. The van der Waals surface area contributed by atoms with Crippen LogP contribution in [-0.2, 0) is 12.4 Å². The summed E-state index contributed by atoms with van der Waals surface area (Å²) in [6.45, 7) is 4.64. The molecule has 0 fully saturated rings. The van der Waals surface area contributed by atoms with Crippen molar-refractivity contribution in [3.05, 3.63) is 65.3 Å².